The minimum Gasteiger partial charge on any atom is -0.360 e. The van der Waals surface area contributed by atoms with E-state index in [2.05, 4.69) is 36.8 Å². The Morgan fingerprint density at radius 3 is 2.70 bits per heavy atom. The maximum Gasteiger partial charge on any atom is 0.251 e. The number of H-pyrrole nitrogens is 2. The Hall–Kier alpha value is -2.71. The van der Waals surface area contributed by atoms with Gasteiger partial charge in [-0.25, -0.2) is 0 Å². The molecule has 3 aliphatic rings. The molecular formula is C31H37ClN4O3S. The van der Waals surface area contributed by atoms with Crippen LogP contribution < -0.4 is 5.56 Å². The van der Waals surface area contributed by atoms with Crippen molar-refractivity contribution in [3.63, 3.8) is 0 Å². The van der Waals surface area contributed by atoms with E-state index in [1.165, 1.54) is 4.90 Å². The number of hydrogen-bond donors (Lipinski definition) is 2. The van der Waals surface area contributed by atoms with Crippen LogP contribution in [-0.4, -0.2) is 57.0 Å². The predicted molar refractivity (Wildman–Crippen MR) is 160 cm³/mol. The molecule has 3 aliphatic heterocycles. The monoisotopic (exact) mass is 580 g/mol. The molecule has 0 radical (unpaired) electrons. The number of carbonyl (C=O) groups is 2. The topological polar surface area (TPSA) is 89.3 Å². The molecule has 2 N–H and O–H groups in total. The number of nitrogens with zero attached hydrogens (tertiary/aromatic N) is 2. The summed E-state index contributed by atoms with van der Waals surface area (Å²) in [6, 6.07) is 6.07. The summed E-state index contributed by atoms with van der Waals surface area (Å²) in [5.74, 6) is 0.790. The molecule has 0 unspecified atom stereocenters. The average molecular weight is 581 g/mol. The van der Waals surface area contributed by atoms with Gasteiger partial charge >= 0.3 is 0 Å². The Labute approximate surface area is 244 Å². The second-order valence-corrected chi connectivity index (χ2v) is 14.3. The summed E-state index contributed by atoms with van der Waals surface area (Å²) < 4.78 is 0. The average Bonchev–Trinajstić information content (AvgIpc) is 3.56. The van der Waals surface area contributed by atoms with Crippen LogP contribution in [0.4, 0.5) is 0 Å². The Bertz CT molecular complexity index is 1530. The van der Waals surface area contributed by atoms with Gasteiger partial charge in [0.25, 0.3) is 5.56 Å². The van der Waals surface area contributed by atoms with Crippen LogP contribution in [0.3, 0.4) is 0 Å². The second kappa shape index (κ2) is 10.6. The quantitative estimate of drug-likeness (QED) is 0.426. The highest BCUT2D eigenvalue weighted by Gasteiger charge is 2.36. The molecule has 212 valence electrons. The molecule has 0 aliphatic carbocycles. The first kappa shape index (κ1) is 27.5. The number of aromatic amines is 2. The molecule has 7 nitrogen and oxygen atoms in total. The summed E-state index contributed by atoms with van der Waals surface area (Å²) in [6.45, 7) is 8.74. The first-order valence-electron chi connectivity index (χ1n) is 14.3. The molecule has 2 amide bonds. The first-order valence-corrected chi connectivity index (χ1v) is 15.7. The van der Waals surface area contributed by atoms with Crippen molar-refractivity contribution in [2.75, 3.05) is 25.4 Å². The zero-order valence-corrected chi connectivity index (χ0v) is 25.0. The number of piperidine rings is 1. The van der Waals surface area contributed by atoms with Gasteiger partial charge in [0.2, 0.25) is 11.8 Å². The second-order valence-electron chi connectivity index (χ2n) is 12.8. The van der Waals surface area contributed by atoms with Gasteiger partial charge in [0.15, 0.2) is 0 Å². The first-order chi connectivity index (χ1) is 19.1. The van der Waals surface area contributed by atoms with Crippen molar-refractivity contribution in [1.82, 2.24) is 19.8 Å². The summed E-state index contributed by atoms with van der Waals surface area (Å²) in [5.41, 5.74) is 4.90. The van der Waals surface area contributed by atoms with Crippen LogP contribution in [0.25, 0.3) is 10.9 Å². The maximum absolute atomic E-state index is 13.9. The van der Waals surface area contributed by atoms with Gasteiger partial charge < -0.3 is 19.8 Å². The minimum atomic E-state index is -0.433. The van der Waals surface area contributed by atoms with Crippen molar-refractivity contribution in [3.8, 4) is 0 Å². The van der Waals surface area contributed by atoms with E-state index in [-0.39, 0.29) is 35.1 Å². The zero-order chi connectivity index (χ0) is 28.2. The van der Waals surface area contributed by atoms with E-state index < -0.39 is 5.92 Å². The van der Waals surface area contributed by atoms with Gasteiger partial charge in [0.1, 0.15) is 0 Å². The number of amides is 2. The normalized spacial score (nSPS) is 20.1. The molecule has 1 atom stereocenters. The Morgan fingerprint density at radius 1 is 1.18 bits per heavy atom. The molecule has 0 saturated carbocycles. The largest absolute Gasteiger partial charge is 0.360 e. The highest BCUT2D eigenvalue weighted by molar-refractivity contribution is 7.99. The van der Waals surface area contributed by atoms with Crippen molar-refractivity contribution in [2.45, 2.75) is 70.2 Å². The molecule has 3 aromatic rings. The summed E-state index contributed by atoms with van der Waals surface area (Å²) >= 11 is 8.42. The highest BCUT2D eigenvalue weighted by Crippen LogP contribution is 2.37. The van der Waals surface area contributed by atoms with Crippen LogP contribution in [0.5, 0.6) is 0 Å². The molecule has 6 rings (SSSR count). The molecule has 0 bridgehead atoms. The van der Waals surface area contributed by atoms with Crippen molar-refractivity contribution in [3.05, 3.63) is 62.2 Å². The van der Waals surface area contributed by atoms with Gasteiger partial charge in [-0.15, -0.1) is 11.8 Å². The lowest BCUT2D eigenvalue weighted by Crippen LogP contribution is -2.43. The number of hydrogen-bond acceptors (Lipinski definition) is 4. The molecule has 1 fully saturated rings. The number of halogens is 1. The number of thioether (sulfide) groups is 1. The third-order valence-electron chi connectivity index (χ3n) is 8.57. The zero-order valence-electron chi connectivity index (χ0n) is 23.4. The van der Waals surface area contributed by atoms with Crippen LogP contribution in [0.1, 0.15) is 68.3 Å². The lowest BCUT2D eigenvalue weighted by molar-refractivity contribution is -0.142. The Balaban J connectivity index is 1.19. The van der Waals surface area contributed by atoms with Crippen LogP contribution in [0, 0.1) is 11.3 Å². The van der Waals surface area contributed by atoms with Crippen LogP contribution in [0.2, 0.25) is 5.02 Å². The standard InChI is InChI=1S/C31H37ClN4O3S/c1-31(2,3)17-36-16-23-19(13-24(32)28-21(23)4-8-33-28)12-20(30(36)39)14-27(37)35-9-5-18(6-10-35)22-15-26-25(7-11-40-26)34-29(22)38/h4,8,13,15,18,20,33H,5-7,9-12,14,16-17H2,1-3H3,(H,34,38)/t20-/m0/s1. The summed E-state index contributed by atoms with van der Waals surface area (Å²) in [7, 11) is 0. The number of aryl methyl sites for hydroxylation is 1. The number of aromatic nitrogens is 2. The summed E-state index contributed by atoms with van der Waals surface area (Å²) in [6.07, 6.45) is 5.01. The van der Waals surface area contributed by atoms with E-state index in [9.17, 15) is 14.4 Å². The van der Waals surface area contributed by atoms with Crippen molar-refractivity contribution >= 4 is 46.1 Å². The van der Waals surface area contributed by atoms with Gasteiger partial charge in [0, 0.05) is 66.1 Å². The number of rotatable bonds is 4. The minimum absolute atomic E-state index is 0.0166. The molecule has 2 aromatic heterocycles. The number of benzene rings is 1. The van der Waals surface area contributed by atoms with Gasteiger partial charge in [-0.05, 0) is 66.3 Å². The fraction of sp³-hybridized carbons (Fsp3) is 0.516. The molecule has 40 heavy (non-hydrogen) atoms. The summed E-state index contributed by atoms with van der Waals surface area (Å²) in [4.78, 5) is 51.6. The molecule has 1 saturated heterocycles. The van der Waals surface area contributed by atoms with Crippen molar-refractivity contribution < 1.29 is 9.59 Å². The van der Waals surface area contributed by atoms with Gasteiger partial charge in [-0.1, -0.05) is 32.4 Å². The van der Waals surface area contributed by atoms with E-state index >= 15 is 0 Å². The number of likely N-dealkylation sites (tertiary alicyclic amines) is 1. The fourth-order valence-corrected chi connectivity index (χ4v) is 8.00. The van der Waals surface area contributed by atoms with E-state index in [1.54, 1.807) is 11.8 Å². The van der Waals surface area contributed by atoms with Crippen molar-refractivity contribution in [2.24, 2.45) is 11.3 Å². The van der Waals surface area contributed by atoms with Crippen LogP contribution in [-0.2, 0) is 29.0 Å². The SMILES string of the molecule is CC(C)(C)CN1Cc2c(cc(Cl)c3[nH]ccc23)C[C@@H](CC(=O)N2CCC(c3cc4c([nH]c3=O)CCS4)CC2)C1=O. The molecule has 5 heterocycles. The lowest BCUT2D eigenvalue weighted by Gasteiger charge is -2.34. The molecule has 1 aromatic carbocycles. The molecule has 9 heteroatoms. The van der Waals surface area contributed by atoms with Gasteiger partial charge in [0.05, 0.1) is 16.5 Å². The van der Waals surface area contributed by atoms with Crippen LogP contribution >= 0.6 is 23.4 Å². The molecule has 0 spiro atoms. The Kier molecular flexibility index (Phi) is 7.28. The molecular weight excluding hydrogens is 544 g/mol. The van der Waals surface area contributed by atoms with E-state index in [4.69, 9.17) is 11.6 Å². The predicted octanol–water partition coefficient (Wildman–Crippen LogP) is 5.50. The third kappa shape index (κ3) is 5.32. The van der Waals surface area contributed by atoms with E-state index in [1.807, 2.05) is 28.1 Å². The fourth-order valence-electron chi connectivity index (χ4n) is 6.64. The number of fused-ring (bicyclic) bond motifs is 4. The van der Waals surface area contributed by atoms with Crippen LogP contribution in [0.15, 0.2) is 34.1 Å². The van der Waals surface area contributed by atoms with E-state index in [0.717, 1.165) is 58.3 Å². The smallest absolute Gasteiger partial charge is 0.251 e. The van der Waals surface area contributed by atoms with Gasteiger partial charge in [-0.2, -0.15) is 0 Å². The number of nitrogens with one attached hydrogen (secondary N) is 2. The van der Waals surface area contributed by atoms with E-state index in [0.29, 0.717) is 37.6 Å². The summed E-state index contributed by atoms with van der Waals surface area (Å²) in [5, 5.41) is 1.69. The maximum atomic E-state index is 13.9. The third-order valence-corrected chi connectivity index (χ3v) is 9.95. The lowest BCUT2D eigenvalue weighted by atomic mass is 9.89. The number of carbonyl (C=O) groups excluding carboxylic acids is 2. The number of pyridine rings is 1. The van der Waals surface area contributed by atoms with Gasteiger partial charge in [-0.3, -0.25) is 14.4 Å². The Morgan fingerprint density at radius 2 is 1.95 bits per heavy atom. The van der Waals surface area contributed by atoms with Crippen molar-refractivity contribution in [1.29, 1.82) is 0 Å². The highest BCUT2D eigenvalue weighted by atomic mass is 35.5.